The summed E-state index contributed by atoms with van der Waals surface area (Å²) < 4.78 is 13.8. The zero-order chi connectivity index (χ0) is 60.5. The van der Waals surface area contributed by atoms with Gasteiger partial charge in [-0.05, 0) is 204 Å². The third kappa shape index (κ3) is 7.65. The van der Waals surface area contributed by atoms with Crippen molar-refractivity contribution in [2.75, 3.05) is 9.80 Å². The summed E-state index contributed by atoms with van der Waals surface area (Å²) in [6.07, 6.45) is 0. The number of ether oxygens (including phenoxy) is 2. The second-order valence-corrected chi connectivity index (χ2v) is 24.7. The Morgan fingerprint density at radius 1 is 0.185 bits per heavy atom. The largest absolute Gasteiger partial charge is 0.457 e. The van der Waals surface area contributed by atoms with Gasteiger partial charge in [0, 0.05) is 56.4 Å². The van der Waals surface area contributed by atoms with E-state index in [9.17, 15) is 0 Å². The summed E-state index contributed by atoms with van der Waals surface area (Å²) in [5, 5.41) is 4.69. The van der Waals surface area contributed by atoms with E-state index in [0.717, 1.165) is 112 Å². The fourth-order valence-corrected chi connectivity index (χ4v) is 16.0. The van der Waals surface area contributed by atoms with Crippen LogP contribution in [0.1, 0.15) is 44.5 Å². The van der Waals surface area contributed by atoms with Crippen molar-refractivity contribution in [1.29, 1.82) is 0 Å². The van der Waals surface area contributed by atoms with Crippen LogP contribution in [-0.2, 0) is 10.8 Å². The molecule has 0 aromatic heterocycles. The lowest BCUT2D eigenvalue weighted by Gasteiger charge is -2.40. The number of nitrogens with zero attached hydrogens (tertiary/aromatic N) is 2. The normalized spacial score (nSPS) is 15.7. The van der Waals surface area contributed by atoms with E-state index >= 15 is 0 Å². The van der Waals surface area contributed by atoms with Gasteiger partial charge in [-0.25, -0.2) is 0 Å². The molecule has 2 unspecified atom stereocenters. The third-order valence-electron chi connectivity index (χ3n) is 19.9. The lowest BCUT2D eigenvalue weighted by atomic mass is 9.65. The van der Waals surface area contributed by atoms with Gasteiger partial charge in [0.05, 0.1) is 10.8 Å². The van der Waals surface area contributed by atoms with E-state index in [1.807, 2.05) is 0 Å². The minimum atomic E-state index is -0.627. The average Bonchev–Trinajstić information content (AvgIpc) is 1.47. The fraction of sp³-hybridized carbons (Fsp3) is 0.0227. The first-order chi connectivity index (χ1) is 45.6. The summed E-state index contributed by atoms with van der Waals surface area (Å²) >= 11 is 0. The van der Waals surface area contributed by atoms with E-state index in [-0.39, 0.29) is 0 Å². The predicted octanol–water partition coefficient (Wildman–Crippen LogP) is 23.2. The number of fused-ring (bicyclic) bond motifs is 20. The molecule has 4 heteroatoms. The van der Waals surface area contributed by atoms with Crippen molar-refractivity contribution in [2.24, 2.45) is 0 Å². The molecule has 0 bridgehead atoms. The van der Waals surface area contributed by atoms with Crippen LogP contribution in [0, 0.1) is 0 Å². The monoisotopic (exact) mass is 1170 g/mol. The first kappa shape index (κ1) is 52.0. The Balaban J connectivity index is 0.679. The molecule has 2 heterocycles. The van der Waals surface area contributed by atoms with Crippen molar-refractivity contribution in [3.63, 3.8) is 0 Å². The molecular weight excluding hydrogens is 1120 g/mol. The SMILES string of the molecule is c1ccc(N(c2ccc(-c3cccc(-c4ccc(N(c5ccccc5)c5ccc6c(c5)C5(c7ccccc7Oc7cc8ccccc8cc75)c5ccccc5-6)cc4)c3)cc2)c2ccc3c(c2)C2(c4ccccc4Oc4cc5ccccc5cc42)c2ccccc2-3)cc1. The third-order valence-corrected chi connectivity index (χ3v) is 19.9. The quantitative estimate of drug-likeness (QED) is 0.151. The molecule has 2 spiro atoms. The van der Waals surface area contributed by atoms with Crippen molar-refractivity contribution in [2.45, 2.75) is 10.8 Å². The maximum absolute atomic E-state index is 6.89. The molecular formula is C88H56N2O2. The maximum Gasteiger partial charge on any atom is 0.132 e. The summed E-state index contributed by atoms with van der Waals surface area (Å²) in [7, 11) is 0. The molecule has 15 aromatic rings. The number of rotatable bonds is 8. The number of benzene rings is 15. The molecule has 0 amide bonds. The van der Waals surface area contributed by atoms with Crippen LogP contribution >= 0.6 is 0 Å². The van der Waals surface area contributed by atoms with Gasteiger partial charge in [-0.3, -0.25) is 0 Å². The van der Waals surface area contributed by atoms with Crippen LogP contribution in [0.5, 0.6) is 23.0 Å². The number of para-hydroxylation sites is 4. The van der Waals surface area contributed by atoms with E-state index in [4.69, 9.17) is 9.47 Å². The smallest absolute Gasteiger partial charge is 0.132 e. The van der Waals surface area contributed by atoms with Gasteiger partial charge in [-0.2, -0.15) is 0 Å². The van der Waals surface area contributed by atoms with Gasteiger partial charge in [0.25, 0.3) is 0 Å². The lowest BCUT2D eigenvalue weighted by Crippen LogP contribution is -2.32. The number of hydrogen-bond donors (Lipinski definition) is 0. The van der Waals surface area contributed by atoms with Crippen molar-refractivity contribution >= 4 is 55.7 Å². The first-order valence-corrected chi connectivity index (χ1v) is 31.7. The van der Waals surface area contributed by atoms with Gasteiger partial charge in [0.15, 0.2) is 0 Å². The van der Waals surface area contributed by atoms with E-state index < -0.39 is 10.8 Å². The van der Waals surface area contributed by atoms with Gasteiger partial charge < -0.3 is 19.3 Å². The van der Waals surface area contributed by atoms with E-state index in [1.54, 1.807) is 0 Å². The van der Waals surface area contributed by atoms with Crippen molar-refractivity contribution in [1.82, 2.24) is 0 Å². The minimum Gasteiger partial charge on any atom is -0.457 e. The summed E-state index contributed by atoms with van der Waals surface area (Å²) in [6.45, 7) is 0. The van der Waals surface area contributed by atoms with Crippen LogP contribution in [-0.4, -0.2) is 0 Å². The minimum absolute atomic E-state index is 0.627. The van der Waals surface area contributed by atoms with Gasteiger partial charge in [-0.1, -0.05) is 224 Å². The average molecular weight is 1170 g/mol. The van der Waals surface area contributed by atoms with Crippen LogP contribution in [0.2, 0.25) is 0 Å². The molecule has 0 N–H and O–H groups in total. The van der Waals surface area contributed by atoms with Gasteiger partial charge in [0.1, 0.15) is 23.0 Å². The molecule has 2 aliphatic carbocycles. The number of hydrogen-bond acceptors (Lipinski definition) is 4. The summed E-state index contributed by atoms with van der Waals surface area (Å²) in [6, 6.07) is 124. The summed E-state index contributed by atoms with van der Waals surface area (Å²) in [5.41, 5.74) is 24.3. The second-order valence-electron chi connectivity index (χ2n) is 24.7. The summed E-state index contributed by atoms with van der Waals surface area (Å²) in [4.78, 5) is 4.79. The standard InChI is InChI=1S/C88H56N2O2/c1-3-26-65(27-4-1)89(69-46-48-73-71-30-11-13-32-75(71)87(79(73)55-69)77-34-15-17-36-83(77)91-85-53-63-22-9-7-20-61(63)51-81(85)87)67-42-38-57(39-43-67)59-24-19-25-60(50-59)58-40-44-68(45-41-58)90(66-28-5-2-6-29-66)70-47-49-74-72-31-12-14-33-76(72)88(80(74)56-70)78-35-16-18-37-84(78)92-86-54-64-23-10-8-21-62(64)52-82(86)88/h1-56H. The first-order valence-electron chi connectivity index (χ1n) is 31.7. The highest BCUT2D eigenvalue weighted by molar-refractivity contribution is 5.97. The van der Waals surface area contributed by atoms with E-state index in [2.05, 4.69) is 350 Å². The van der Waals surface area contributed by atoms with Crippen molar-refractivity contribution in [3.05, 3.63) is 384 Å². The molecule has 4 nitrogen and oxygen atoms in total. The summed E-state index contributed by atoms with van der Waals surface area (Å²) in [5.74, 6) is 3.53. The Bertz CT molecular complexity index is 5150. The zero-order valence-electron chi connectivity index (χ0n) is 50.0. The lowest BCUT2D eigenvalue weighted by molar-refractivity contribution is 0.437. The Labute approximate surface area is 534 Å². The Morgan fingerprint density at radius 2 is 0.522 bits per heavy atom. The van der Waals surface area contributed by atoms with Crippen LogP contribution < -0.4 is 19.3 Å². The Kier molecular flexibility index (Phi) is 11.5. The molecule has 4 aliphatic rings. The fourth-order valence-electron chi connectivity index (χ4n) is 16.0. The molecule has 430 valence electrons. The van der Waals surface area contributed by atoms with Crippen LogP contribution in [0.3, 0.4) is 0 Å². The topological polar surface area (TPSA) is 24.9 Å². The van der Waals surface area contributed by atoms with Gasteiger partial charge in [0.2, 0.25) is 0 Å². The molecule has 0 saturated heterocycles. The van der Waals surface area contributed by atoms with Crippen LogP contribution in [0.25, 0.3) is 66.1 Å². The molecule has 2 aliphatic heterocycles. The molecule has 19 rings (SSSR count). The predicted molar refractivity (Wildman–Crippen MR) is 376 cm³/mol. The molecule has 92 heavy (non-hydrogen) atoms. The molecule has 0 radical (unpaired) electrons. The zero-order valence-corrected chi connectivity index (χ0v) is 50.0. The highest BCUT2D eigenvalue weighted by atomic mass is 16.5. The van der Waals surface area contributed by atoms with Crippen molar-refractivity contribution in [3.8, 4) is 67.5 Å². The van der Waals surface area contributed by atoms with E-state index in [0.29, 0.717) is 0 Å². The second kappa shape index (κ2) is 20.3. The molecule has 15 aromatic carbocycles. The Morgan fingerprint density at radius 3 is 0.957 bits per heavy atom. The van der Waals surface area contributed by atoms with Crippen LogP contribution in [0.15, 0.2) is 340 Å². The van der Waals surface area contributed by atoms with Crippen molar-refractivity contribution < 1.29 is 9.47 Å². The molecule has 2 atom stereocenters. The van der Waals surface area contributed by atoms with Gasteiger partial charge in [-0.15, -0.1) is 0 Å². The van der Waals surface area contributed by atoms with Crippen LogP contribution in [0.4, 0.5) is 34.1 Å². The Hall–Kier alpha value is -12.0. The van der Waals surface area contributed by atoms with E-state index in [1.165, 1.54) is 55.3 Å². The maximum atomic E-state index is 6.89. The number of anilines is 6. The highest BCUT2D eigenvalue weighted by Crippen LogP contribution is 2.65. The highest BCUT2D eigenvalue weighted by Gasteiger charge is 2.53. The van der Waals surface area contributed by atoms with Gasteiger partial charge >= 0.3 is 0 Å². The molecule has 0 fully saturated rings. The molecule has 0 saturated carbocycles.